The summed E-state index contributed by atoms with van der Waals surface area (Å²) >= 11 is 0. The molecule has 1 heterocycles. The molecule has 1 aromatic carbocycles. The summed E-state index contributed by atoms with van der Waals surface area (Å²) in [6.07, 6.45) is -0.403. The zero-order valence-corrected chi connectivity index (χ0v) is 13.4. The Bertz CT molecular complexity index is 786. The van der Waals surface area contributed by atoms with Crippen LogP contribution in [0.5, 0.6) is 5.75 Å². The van der Waals surface area contributed by atoms with Gasteiger partial charge in [-0.15, -0.1) is 0 Å². The lowest BCUT2D eigenvalue weighted by Gasteiger charge is -2.15. The smallest absolute Gasteiger partial charge is 0.356 e. The van der Waals surface area contributed by atoms with Gasteiger partial charge in [0.1, 0.15) is 11.9 Å². The summed E-state index contributed by atoms with van der Waals surface area (Å²) in [5.74, 6) is -0.657. The summed E-state index contributed by atoms with van der Waals surface area (Å²) < 4.78 is 33.4. The summed E-state index contributed by atoms with van der Waals surface area (Å²) in [6.45, 7) is 1.76. The van der Waals surface area contributed by atoms with E-state index in [1.54, 1.807) is 19.1 Å². The zero-order chi connectivity index (χ0) is 17.0. The molecule has 0 aliphatic heterocycles. The molecule has 0 spiro atoms. The monoisotopic (exact) mass is 339 g/mol. The maximum Gasteiger partial charge on any atom is 0.356 e. The average molecular weight is 339 g/mol. The van der Waals surface area contributed by atoms with Crippen LogP contribution in [0.25, 0.3) is 0 Å². The predicted molar refractivity (Wildman–Crippen MR) is 81.9 cm³/mol. The normalized spacial score (nSPS) is 12.8. The van der Waals surface area contributed by atoms with Gasteiger partial charge in [-0.1, -0.05) is 18.2 Å². The predicted octanol–water partition coefficient (Wildman–Crippen LogP) is 0.864. The number of benzene rings is 1. The molecule has 1 aromatic heterocycles. The van der Waals surface area contributed by atoms with E-state index in [0.717, 1.165) is 10.7 Å². The van der Waals surface area contributed by atoms with Crippen LogP contribution in [0, 0.1) is 0 Å². The molecule has 0 radical (unpaired) electrons. The number of hydrogen-bond acceptors (Lipinski definition) is 5. The van der Waals surface area contributed by atoms with Crippen molar-refractivity contribution in [1.29, 1.82) is 0 Å². The number of rotatable bonds is 7. The number of carboxylic acid groups (broad SMARTS) is 1. The van der Waals surface area contributed by atoms with Crippen LogP contribution >= 0.6 is 0 Å². The second kappa shape index (κ2) is 6.80. The Hall–Kier alpha value is -2.39. The Morgan fingerprint density at radius 2 is 2.04 bits per heavy atom. The maximum absolute atomic E-state index is 12.2. The average Bonchev–Trinajstić information content (AvgIpc) is 2.89. The van der Waals surface area contributed by atoms with Crippen molar-refractivity contribution in [1.82, 2.24) is 14.5 Å². The molecule has 23 heavy (non-hydrogen) atoms. The Morgan fingerprint density at radius 3 is 2.61 bits per heavy atom. The van der Waals surface area contributed by atoms with Gasteiger partial charge >= 0.3 is 5.97 Å². The van der Waals surface area contributed by atoms with Crippen LogP contribution in [0.2, 0.25) is 0 Å². The molecule has 0 bridgehead atoms. The van der Waals surface area contributed by atoms with Gasteiger partial charge in [0.15, 0.2) is 10.7 Å². The zero-order valence-electron chi connectivity index (χ0n) is 12.6. The highest BCUT2D eigenvalue weighted by atomic mass is 32.2. The molecule has 0 saturated heterocycles. The van der Waals surface area contributed by atoms with Gasteiger partial charge in [-0.25, -0.2) is 17.9 Å². The van der Waals surface area contributed by atoms with Crippen molar-refractivity contribution in [2.24, 2.45) is 7.05 Å². The van der Waals surface area contributed by atoms with Crippen molar-refractivity contribution < 1.29 is 23.1 Å². The topological polar surface area (TPSA) is 111 Å². The summed E-state index contributed by atoms with van der Waals surface area (Å²) in [5, 5.41) is 12.3. The van der Waals surface area contributed by atoms with Gasteiger partial charge in [-0.3, -0.25) is 4.68 Å². The number of ether oxygens (including phenoxy) is 1. The number of nitrogens with one attached hydrogen (secondary N) is 1. The Kier molecular flexibility index (Phi) is 5.02. The first-order valence-corrected chi connectivity index (χ1v) is 8.26. The van der Waals surface area contributed by atoms with Crippen molar-refractivity contribution >= 4 is 16.0 Å². The van der Waals surface area contributed by atoms with E-state index in [1.165, 1.54) is 7.05 Å². The Balaban J connectivity index is 2.02. The molecule has 9 heteroatoms. The first-order chi connectivity index (χ1) is 10.8. The number of nitrogens with zero attached hydrogens (tertiary/aromatic N) is 2. The number of carboxylic acids is 1. The summed E-state index contributed by atoms with van der Waals surface area (Å²) in [7, 11) is -2.52. The fraction of sp³-hybridized carbons (Fsp3) is 0.286. The van der Waals surface area contributed by atoms with Gasteiger partial charge < -0.3 is 9.84 Å². The summed E-state index contributed by atoms with van der Waals surface area (Å²) in [5.41, 5.74) is -0.332. The fourth-order valence-corrected chi connectivity index (χ4v) is 3.14. The van der Waals surface area contributed by atoms with Gasteiger partial charge in [0.25, 0.3) is 10.0 Å². The summed E-state index contributed by atoms with van der Waals surface area (Å²) in [4.78, 5) is 10.9. The first-order valence-electron chi connectivity index (χ1n) is 6.78. The molecule has 0 amide bonds. The van der Waals surface area contributed by atoms with Crippen LogP contribution in [0.4, 0.5) is 0 Å². The fourth-order valence-electron chi connectivity index (χ4n) is 1.88. The second-order valence-electron chi connectivity index (χ2n) is 4.89. The van der Waals surface area contributed by atoms with Crippen LogP contribution in [-0.2, 0) is 17.1 Å². The molecule has 0 saturated carbocycles. The largest absolute Gasteiger partial charge is 0.489 e. The minimum Gasteiger partial charge on any atom is -0.489 e. The van der Waals surface area contributed by atoms with E-state index in [9.17, 15) is 13.2 Å². The number of aryl methyl sites for hydroxylation is 1. The molecule has 0 aliphatic carbocycles. The van der Waals surface area contributed by atoms with Gasteiger partial charge in [0.2, 0.25) is 0 Å². The highest BCUT2D eigenvalue weighted by molar-refractivity contribution is 7.89. The Labute approximate surface area is 133 Å². The number of aromatic carboxylic acids is 1. The highest BCUT2D eigenvalue weighted by Crippen LogP contribution is 2.12. The summed E-state index contributed by atoms with van der Waals surface area (Å²) in [6, 6.07) is 10.0. The van der Waals surface area contributed by atoms with Crippen molar-refractivity contribution in [2.75, 3.05) is 6.54 Å². The minimum atomic E-state index is -3.88. The molecule has 1 unspecified atom stereocenters. The molecule has 8 nitrogen and oxygen atoms in total. The maximum atomic E-state index is 12.2. The van der Waals surface area contributed by atoms with Crippen LogP contribution in [-0.4, -0.2) is 41.9 Å². The van der Waals surface area contributed by atoms with E-state index >= 15 is 0 Å². The molecule has 0 fully saturated rings. The van der Waals surface area contributed by atoms with Gasteiger partial charge in [0.05, 0.1) is 0 Å². The quantitative estimate of drug-likeness (QED) is 0.774. The first kappa shape index (κ1) is 17.0. The highest BCUT2D eigenvalue weighted by Gasteiger charge is 2.23. The molecule has 2 rings (SSSR count). The number of aromatic nitrogens is 2. The molecule has 2 N–H and O–H groups in total. The van der Waals surface area contributed by atoms with Gasteiger partial charge in [-0.05, 0) is 19.1 Å². The van der Waals surface area contributed by atoms with Gasteiger partial charge in [-0.2, -0.15) is 5.10 Å². The third-order valence-corrected chi connectivity index (χ3v) is 4.45. The molecule has 1 atom stereocenters. The van der Waals surface area contributed by atoms with Crippen molar-refractivity contribution in [3.8, 4) is 5.75 Å². The van der Waals surface area contributed by atoms with Crippen molar-refractivity contribution in [3.05, 3.63) is 42.1 Å². The number of hydrogen-bond donors (Lipinski definition) is 2. The number of carbonyl (C=O) groups is 1. The molecular weight excluding hydrogens is 322 g/mol. The lowest BCUT2D eigenvalue weighted by Crippen LogP contribution is -2.34. The van der Waals surface area contributed by atoms with E-state index in [-0.39, 0.29) is 17.3 Å². The van der Waals surface area contributed by atoms with Crippen molar-refractivity contribution in [3.63, 3.8) is 0 Å². The van der Waals surface area contributed by atoms with E-state index in [2.05, 4.69) is 9.82 Å². The Morgan fingerprint density at radius 1 is 1.39 bits per heavy atom. The lowest BCUT2D eigenvalue weighted by atomic mass is 10.3. The minimum absolute atomic E-state index is 0.0326. The van der Waals surface area contributed by atoms with E-state index in [1.807, 2.05) is 18.2 Å². The van der Waals surface area contributed by atoms with E-state index < -0.39 is 22.1 Å². The third kappa shape index (κ3) is 4.30. The van der Waals surface area contributed by atoms with Crippen LogP contribution in [0.15, 0.2) is 41.4 Å². The SMILES string of the molecule is CC(CNS(=O)(=O)c1cc(C(=O)O)nn1C)Oc1ccccc1. The van der Waals surface area contributed by atoms with Crippen LogP contribution in [0.3, 0.4) is 0 Å². The third-order valence-electron chi connectivity index (χ3n) is 2.97. The lowest BCUT2D eigenvalue weighted by molar-refractivity contribution is 0.0689. The van der Waals surface area contributed by atoms with E-state index in [4.69, 9.17) is 9.84 Å². The van der Waals surface area contributed by atoms with Crippen LogP contribution < -0.4 is 9.46 Å². The molecule has 2 aromatic rings. The molecular formula is C14H17N3O5S. The molecule has 0 aliphatic rings. The van der Waals surface area contributed by atoms with Crippen LogP contribution in [0.1, 0.15) is 17.4 Å². The molecule has 124 valence electrons. The number of para-hydroxylation sites is 1. The van der Waals surface area contributed by atoms with E-state index in [0.29, 0.717) is 5.75 Å². The second-order valence-corrected chi connectivity index (χ2v) is 6.60. The number of sulfonamides is 1. The van der Waals surface area contributed by atoms with Crippen molar-refractivity contribution in [2.45, 2.75) is 18.1 Å². The van der Waals surface area contributed by atoms with Gasteiger partial charge in [0, 0.05) is 19.7 Å². The standard InChI is InChI=1S/C14H17N3O5S/c1-10(22-11-6-4-3-5-7-11)9-15-23(20,21)13-8-12(14(18)19)16-17(13)2/h3-8,10,15H,9H2,1-2H3,(H,18,19).